The fraction of sp³-hybridized carbons (Fsp3) is 0.615. The molecule has 0 radical (unpaired) electrons. The van der Waals surface area contributed by atoms with Crippen LogP contribution in [0.25, 0.3) is 0 Å². The van der Waals surface area contributed by atoms with Gasteiger partial charge >= 0.3 is 6.18 Å². The standard InChI is InChI=1S/C13H17F3N2O2S/c1-17-12(6-9-3-5-21(19,20)8-9)10-7-18-4-2-11(10)13(14,15)16/h2,4,7,9,12,17H,3,5-6,8H2,1H3. The van der Waals surface area contributed by atoms with Crippen LogP contribution in [0.5, 0.6) is 0 Å². The highest BCUT2D eigenvalue weighted by Gasteiger charge is 2.36. The lowest BCUT2D eigenvalue weighted by molar-refractivity contribution is -0.138. The molecule has 8 heteroatoms. The summed E-state index contributed by atoms with van der Waals surface area (Å²) in [6.07, 6.45) is -1.28. The highest BCUT2D eigenvalue weighted by molar-refractivity contribution is 7.91. The minimum absolute atomic E-state index is 0.0484. The monoisotopic (exact) mass is 322 g/mol. The van der Waals surface area contributed by atoms with Crippen molar-refractivity contribution in [2.75, 3.05) is 18.6 Å². The van der Waals surface area contributed by atoms with Gasteiger partial charge in [-0.15, -0.1) is 0 Å². The zero-order chi connectivity index (χ0) is 15.7. The molecule has 1 aromatic heterocycles. The molecule has 0 spiro atoms. The number of nitrogens with zero attached hydrogens (tertiary/aromatic N) is 1. The average molecular weight is 322 g/mol. The van der Waals surface area contributed by atoms with Crippen molar-refractivity contribution in [3.63, 3.8) is 0 Å². The normalized spacial score (nSPS) is 23.1. The number of pyridine rings is 1. The Balaban J connectivity index is 2.23. The van der Waals surface area contributed by atoms with Gasteiger partial charge < -0.3 is 5.32 Å². The molecular weight excluding hydrogens is 305 g/mol. The molecule has 0 aromatic carbocycles. The number of sulfone groups is 1. The molecular formula is C13H17F3N2O2S. The number of nitrogens with one attached hydrogen (secondary N) is 1. The summed E-state index contributed by atoms with van der Waals surface area (Å²) in [5.41, 5.74) is -0.658. The first-order valence-corrected chi connectivity index (χ1v) is 8.44. The quantitative estimate of drug-likeness (QED) is 0.923. The molecule has 2 atom stereocenters. The summed E-state index contributed by atoms with van der Waals surface area (Å²) in [6.45, 7) is 0. The molecule has 0 amide bonds. The van der Waals surface area contributed by atoms with Gasteiger partial charge in [-0.1, -0.05) is 0 Å². The van der Waals surface area contributed by atoms with Crippen LogP contribution in [-0.2, 0) is 16.0 Å². The van der Waals surface area contributed by atoms with E-state index in [2.05, 4.69) is 10.3 Å². The molecule has 1 fully saturated rings. The lowest BCUT2D eigenvalue weighted by Gasteiger charge is -2.23. The Morgan fingerprint density at radius 3 is 2.71 bits per heavy atom. The first kappa shape index (κ1) is 16.2. The van der Waals surface area contributed by atoms with Gasteiger partial charge in [0.2, 0.25) is 0 Å². The zero-order valence-corrected chi connectivity index (χ0v) is 12.3. The van der Waals surface area contributed by atoms with E-state index in [4.69, 9.17) is 0 Å². The van der Waals surface area contributed by atoms with Crippen LogP contribution in [0.2, 0.25) is 0 Å². The summed E-state index contributed by atoms with van der Waals surface area (Å²) < 4.78 is 62.0. The van der Waals surface area contributed by atoms with Gasteiger partial charge in [-0.3, -0.25) is 4.98 Å². The fourth-order valence-corrected chi connectivity index (χ4v) is 4.61. The zero-order valence-electron chi connectivity index (χ0n) is 11.5. The van der Waals surface area contributed by atoms with Gasteiger partial charge in [-0.2, -0.15) is 13.2 Å². The van der Waals surface area contributed by atoms with E-state index in [9.17, 15) is 21.6 Å². The van der Waals surface area contributed by atoms with Gasteiger partial charge in [0, 0.05) is 18.4 Å². The molecule has 118 valence electrons. The fourth-order valence-electron chi connectivity index (χ4n) is 2.73. The second-order valence-corrected chi connectivity index (χ2v) is 7.54. The Morgan fingerprint density at radius 1 is 1.48 bits per heavy atom. The molecule has 0 aliphatic carbocycles. The van der Waals surface area contributed by atoms with Gasteiger partial charge in [0.15, 0.2) is 9.84 Å². The van der Waals surface area contributed by atoms with Gasteiger partial charge in [0.1, 0.15) is 0 Å². The molecule has 2 heterocycles. The van der Waals surface area contributed by atoms with Crippen LogP contribution in [0.4, 0.5) is 13.2 Å². The minimum atomic E-state index is -4.45. The molecule has 1 aliphatic heterocycles. The number of rotatable bonds is 4. The van der Waals surface area contributed by atoms with Crippen molar-refractivity contribution in [2.45, 2.75) is 25.1 Å². The maximum absolute atomic E-state index is 13.0. The highest BCUT2D eigenvalue weighted by atomic mass is 32.2. The average Bonchev–Trinajstić information content (AvgIpc) is 2.74. The predicted molar refractivity (Wildman–Crippen MR) is 72.4 cm³/mol. The van der Waals surface area contributed by atoms with Crippen molar-refractivity contribution in [2.24, 2.45) is 5.92 Å². The summed E-state index contributed by atoms with van der Waals surface area (Å²) in [6, 6.07) is 0.388. The Bertz CT molecular complexity index is 602. The van der Waals surface area contributed by atoms with Crippen LogP contribution in [0.3, 0.4) is 0 Å². The Kier molecular flexibility index (Phi) is 4.57. The molecule has 0 bridgehead atoms. The Hall–Kier alpha value is -1.15. The second kappa shape index (κ2) is 5.92. The first-order chi connectivity index (χ1) is 9.73. The molecule has 21 heavy (non-hydrogen) atoms. The first-order valence-electron chi connectivity index (χ1n) is 6.62. The van der Waals surface area contributed by atoms with E-state index < -0.39 is 27.6 Å². The summed E-state index contributed by atoms with van der Waals surface area (Å²) >= 11 is 0. The molecule has 1 aromatic rings. The largest absolute Gasteiger partial charge is 0.416 e. The van der Waals surface area contributed by atoms with Crippen LogP contribution >= 0.6 is 0 Å². The third-order valence-corrected chi connectivity index (χ3v) is 5.61. The van der Waals surface area contributed by atoms with Crippen molar-refractivity contribution in [3.05, 3.63) is 29.6 Å². The summed E-state index contributed by atoms with van der Waals surface area (Å²) in [4.78, 5) is 3.77. The summed E-state index contributed by atoms with van der Waals surface area (Å²) in [5, 5.41) is 2.85. The van der Waals surface area contributed by atoms with E-state index in [1.807, 2.05) is 0 Å². The van der Waals surface area contributed by atoms with Crippen LogP contribution in [0.1, 0.15) is 30.0 Å². The van der Waals surface area contributed by atoms with Crippen LogP contribution < -0.4 is 5.32 Å². The van der Waals surface area contributed by atoms with E-state index >= 15 is 0 Å². The van der Waals surface area contributed by atoms with E-state index in [1.165, 1.54) is 6.20 Å². The van der Waals surface area contributed by atoms with E-state index in [1.54, 1.807) is 7.05 Å². The van der Waals surface area contributed by atoms with Crippen molar-refractivity contribution in [1.82, 2.24) is 10.3 Å². The number of hydrogen-bond donors (Lipinski definition) is 1. The molecule has 4 nitrogen and oxygen atoms in total. The molecule has 1 aliphatic rings. The van der Waals surface area contributed by atoms with Gasteiger partial charge in [0.25, 0.3) is 0 Å². The Labute approximate surface area is 121 Å². The SMILES string of the molecule is CNC(CC1CCS(=O)(=O)C1)c1cnccc1C(F)(F)F. The van der Waals surface area contributed by atoms with Gasteiger partial charge in [0.05, 0.1) is 17.1 Å². The lowest BCUT2D eigenvalue weighted by Crippen LogP contribution is -2.24. The van der Waals surface area contributed by atoms with Gasteiger partial charge in [-0.25, -0.2) is 8.42 Å². The van der Waals surface area contributed by atoms with Crippen LogP contribution in [0.15, 0.2) is 18.5 Å². The van der Waals surface area contributed by atoms with Gasteiger partial charge in [-0.05, 0) is 37.4 Å². The van der Waals surface area contributed by atoms with Crippen molar-refractivity contribution in [3.8, 4) is 0 Å². The summed E-state index contributed by atoms with van der Waals surface area (Å²) in [5.74, 6) is 0.0498. The van der Waals surface area contributed by atoms with E-state index in [0.717, 1.165) is 12.3 Å². The molecule has 1 saturated heterocycles. The maximum Gasteiger partial charge on any atom is 0.416 e. The van der Waals surface area contributed by atoms with Crippen molar-refractivity contribution >= 4 is 9.84 Å². The van der Waals surface area contributed by atoms with Crippen molar-refractivity contribution in [1.29, 1.82) is 0 Å². The molecule has 2 unspecified atom stereocenters. The third-order valence-electron chi connectivity index (χ3n) is 3.78. The number of hydrogen-bond acceptors (Lipinski definition) is 4. The van der Waals surface area contributed by atoms with Crippen molar-refractivity contribution < 1.29 is 21.6 Å². The minimum Gasteiger partial charge on any atom is -0.313 e. The number of aromatic nitrogens is 1. The highest BCUT2D eigenvalue weighted by Crippen LogP contribution is 2.37. The Morgan fingerprint density at radius 2 is 2.19 bits per heavy atom. The van der Waals surface area contributed by atoms with E-state index in [0.29, 0.717) is 12.8 Å². The molecule has 0 saturated carbocycles. The van der Waals surface area contributed by atoms with Crippen LogP contribution in [-0.4, -0.2) is 32.0 Å². The lowest BCUT2D eigenvalue weighted by atomic mass is 9.92. The third kappa shape index (κ3) is 3.94. The smallest absolute Gasteiger partial charge is 0.313 e. The second-order valence-electron chi connectivity index (χ2n) is 5.31. The predicted octanol–water partition coefficient (Wildman–Crippen LogP) is 2.19. The maximum atomic E-state index is 13.0. The number of alkyl halides is 3. The van der Waals surface area contributed by atoms with Crippen LogP contribution in [0, 0.1) is 5.92 Å². The molecule has 1 N–H and O–H groups in total. The number of halogens is 3. The molecule has 2 rings (SSSR count). The van der Waals surface area contributed by atoms with E-state index in [-0.39, 0.29) is 23.0 Å². The summed E-state index contributed by atoms with van der Waals surface area (Å²) in [7, 11) is -1.46. The topological polar surface area (TPSA) is 59.1 Å².